The van der Waals surface area contributed by atoms with E-state index in [0.29, 0.717) is 29.5 Å². The number of hydrogen-bond donors (Lipinski definition) is 2. The van der Waals surface area contributed by atoms with Crippen molar-refractivity contribution in [1.29, 1.82) is 0 Å². The van der Waals surface area contributed by atoms with Gasteiger partial charge in [-0.25, -0.2) is 4.39 Å². The highest BCUT2D eigenvalue weighted by atomic mass is 35.5. The van der Waals surface area contributed by atoms with Crippen LogP contribution in [0.3, 0.4) is 0 Å². The molecule has 2 amide bonds. The maximum absolute atomic E-state index is 12.6. The van der Waals surface area contributed by atoms with Crippen LogP contribution in [0.5, 0.6) is 0 Å². The molecule has 108 valence electrons. The van der Waals surface area contributed by atoms with Gasteiger partial charge >= 0.3 is 0 Å². The van der Waals surface area contributed by atoms with Crippen molar-refractivity contribution in [3.8, 4) is 0 Å². The van der Waals surface area contributed by atoms with Crippen molar-refractivity contribution in [3.05, 3.63) is 23.2 Å². The summed E-state index contributed by atoms with van der Waals surface area (Å²) in [7, 11) is 0. The van der Waals surface area contributed by atoms with E-state index in [1.54, 1.807) is 12.1 Å². The van der Waals surface area contributed by atoms with Crippen LogP contribution in [-0.4, -0.2) is 37.1 Å². The number of piperazine rings is 1. The molecule has 1 aliphatic heterocycles. The fraction of sp³-hybridized carbons (Fsp3) is 0.333. The van der Waals surface area contributed by atoms with Crippen molar-refractivity contribution in [2.24, 2.45) is 0 Å². The van der Waals surface area contributed by atoms with E-state index in [2.05, 4.69) is 10.6 Å². The molecule has 0 spiro atoms. The van der Waals surface area contributed by atoms with Crippen LogP contribution in [0.2, 0.25) is 5.02 Å². The monoisotopic (exact) mass is 319 g/mol. The van der Waals surface area contributed by atoms with Gasteiger partial charge in [-0.15, -0.1) is 0 Å². The van der Waals surface area contributed by atoms with Crippen molar-refractivity contribution in [2.75, 3.05) is 29.9 Å². The Balaban J connectivity index is 2.13. The van der Waals surface area contributed by atoms with Gasteiger partial charge in [0.15, 0.2) is 0 Å². The molecule has 0 aliphatic carbocycles. The lowest BCUT2D eigenvalue weighted by Crippen LogP contribution is -2.47. The lowest BCUT2D eigenvalue weighted by Gasteiger charge is -2.29. The largest absolute Gasteiger partial charge is 0.359 e. The number of nitrogens with one attached hydrogen (secondary N) is 2. The van der Waals surface area contributed by atoms with Gasteiger partial charge in [0.1, 0.15) is 0 Å². The molecule has 2 N–H and O–H groups in total. The fourth-order valence-corrected chi connectivity index (χ4v) is 2.24. The number of hydrogen-bond acceptors (Lipinski definition) is 3. The molecule has 1 aromatic rings. The molecule has 0 radical (unpaired) electrons. The molecule has 1 aromatic carbocycles. The van der Waals surface area contributed by atoms with Gasteiger partial charge in [-0.1, -0.05) is 23.2 Å². The lowest BCUT2D eigenvalue weighted by atomic mass is 10.2. The van der Waals surface area contributed by atoms with Crippen LogP contribution in [0.1, 0.15) is 0 Å². The summed E-state index contributed by atoms with van der Waals surface area (Å²) in [4.78, 5) is 24.3. The zero-order valence-corrected chi connectivity index (χ0v) is 11.8. The van der Waals surface area contributed by atoms with Crippen molar-refractivity contribution < 1.29 is 14.0 Å². The maximum Gasteiger partial charge on any atom is 0.274 e. The Labute approximate surface area is 125 Å². The van der Waals surface area contributed by atoms with Crippen LogP contribution in [0, 0.1) is 0 Å². The van der Waals surface area contributed by atoms with Crippen LogP contribution in [-0.2, 0) is 9.59 Å². The third-order valence-electron chi connectivity index (χ3n) is 2.79. The maximum atomic E-state index is 12.6. The minimum absolute atomic E-state index is 0.0768. The SMILES string of the molecule is O=C1CN(c2ccc(NC(=O)C(F)Cl)cc2Cl)CCN1. The van der Waals surface area contributed by atoms with E-state index >= 15 is 0 Å². The van der Waals surface area contributed by atoms with Gasteiger partial charge in [-0.05, 0) is 18.2 Å². The first-order chi connectivity index (χ1) is 9.47. The quantitative estimate of drug-likeness (QED) is 0.834. The smallest absolute Gasteiger partial charge is 0.274 e. The summed E-state index contributed by atoms with van der Waals surface area (Å²) in [5, 5.41) is 5.37. The number of benzene rings is 1. The highest BCUT2D eigenvalue weighted by molar-refractivity contribution is 6.34. The molecule has 1 atom stereocenters. The molecule has 5 nitrogen and oxygen atoms in total. The zero-order valence-electron chi connectivity index (χ0n) is 10.3. The number of nitrogens with zero attached hydrogens (tertiary/aromatic N) is 1. The van der Waals surface area contributed by atoms with E-state index in [-0.39, 0.29) is 12.5 Å². The summed E-state index contributed by atoms with van der Waals surface area (Å²) in [5.74, 6) is -1.03. The third kappa shape index (κ3) is 3.52. The number of anilines is 2. The molecule has 2 rings (SSSR count). The molecule has 1 saturated heterocycles. The molecule has 0 saturated carbocycles. The molecule has 1 aliphatic rings. The molecule has 1 fully saturated rings. The lowest BCUT2D eigenvalue weighted by molar-refractivity contribution is -0.120. The van der Waals surface area contributed by atoms with Crippen molar-refractivity contribution in [2.45, 2.75) is 5.63 Å². The number of rotatable bonds is 3. The van der Waals surface area contributed by atoms with E-state index < -0.39 is 11.5 Å². The Hall–Kier alpha value is -1.53. The molecule has 1 heterocycles. The molecule has 0 bridgehead atoms. The summed E-state index contributed by atoms with van der Waals surface area (Å²) in [6.45, 7) is 1.41. The second-order valence-corrected chi connectivity index (χ2v) is 5.02. The van der Waals surface area contributed by atoms with Gasteiger partial charge in [-0.2, -0.15) is 0 Å². The standard InChI is InChI=1S/C12H12Cl2FN3O2/c13-8-5-7(17-12(20)11(14)15)1-2-9(8)18-4-3-16-10(19)6-18/h1-2,5,11H,3-4,6H2,(H,16,19)(H,17,20). The summed E-state index contributed by atoms with van der Waals surface area (Å²) in [6.07, 6.45) is 0. The average molecular weight is 320 g/mol. The number of carbonyl (C=O) groups is 2. The molecular weight excluding hydrogens is 308 g/mol. The fourth-order valence-electron chi connectivity index (χ4n) is 1.88. The third-order valence-corrected chi connectivity index (χ3v) is 3.29. The van der Waals surface area contributed by atoms with Gasteiger partial charge in [-0.3, -0.25) is 9.59 Å². The highest BCUT2D eigenvalue weighted by Gasteiger charge is 2.19. The topological polar surface area (TPSA) is 61.4 Å². The summed E-state index contributed by atoms with van der Waals surface area (Å²) in [6, 6.07) is 4.73. The first kappa shape index (κ1) is 14.9. The number of amides is 2. The van der Waals surface area contributed by atoms with Crippen molar-refractivity contribution in [3.63, 3.8) is 0 Å². The van der Waals surface area contributed by atoms with Crippen LogP contribution >= 0.6 is 23.2 Å². The minimum atomic E-state index is -2.11. The minimum Gasteiger partial charge on any atom is -0.359 e. The number of carbonyl (C=O) groups excluding carboxylic acids is 2. The molecule has 20 heavy (non-hydrogen) atoms. The normalized spacial score (nSPS) is 16.6. The summed E-state index contributed by atoms with van der Waals surface area (Å²) >= 11 is 11.1. The number of alkyl halides is 2. The molecule has 0 aromatic heterocycles. The second kappa shape index (κ2) is 6.28. The van der Waals surface area contributed by atoms with Gasteiger partial charge in [0, 0.05) is 18.8 Å². The van der Waals surface area contributed by atoms with Gasteiger partial charge in [0.2, 0.25) is 5.91 Å². The van der Waals surface area contributed by atoms with E-state index in [4.69, 9.17) is 23.2 Å². The van der Waals surface area contributed by atoms with E-state index in [0.717, 1.165) is 0 Å². The van der Waals surface area contributed by atoms with Crippen LogP contribution in [0.4, 0.5) is 15.8 Å². The predicted molar refractivity (Wildman–Crippen MR) is 76.1 cm³/mol. The molecular formula is C12H12Cl2FN3O2. The van der Waals surface area contributed by atoms with E-state index in [1.165, 1.54) is 6.07 Å². The first-order valence-corrected chi connectivity index (χ1v) is 6.69. The Morgan fingerprint density at radius 3 is 2.85 bits per heavy atom. The van der Waals surface area contributed by atoms with E-state index in [1.807, 2.05) is 4.90 Å². The van der Waals surface area contributed by atoms with Gasteiger partial charge < -0.3 is 15.5 Å². The van der Waals surface area contributed by atoms with Gasteiger partial charge in [0.05, 0.1) is 17.3 Å². The average Bonchev–Trinajstić information content (AvgIpc) is 2.38. The highest BCUT2D eigenvalue weighted by Crippen LogP contribution is 2.29. The second-order valence-electron chi connectivity index (χ2n) is 4.23. The molecule has 8 heteroatoms. The number of halogens is 3. The Kier molecular flexibility index (Phi) is 4.67. The van der Waals surface area contributed by atoms with Crippen molar-refractivity contribution >= 4 is 46.4 Å². The molecule has 1 unspecified atom stereocenters. The van der Waals surface area contributed by atoms with Gasteiger partial charge in [0.25, 0.3) is 11.5 Å². The summed E-state index contributed by atoms with van der Waals surface area (Å²) < 4.78 is 12.6. The zero-order chi connectivity index (χ0) is 14.7. The van der Waals surface area contributed by atoms with Crippen LogP contribution < -0.4 is 15.5 Å². The predicted octanol–water partition coefficient (Wildman–Crippen LogP) is 1.75. The summed E-state index contributed by atoms with van der Waals surface area (Å²) in [5.41, 5.74) is -1.09. The van der Waals surface area contributed by atoms with E-state index in [9.17, 15) is 14.0 Å². The Morgan fingerprint density at radius 2 is 2.25 bits per heavy atom. The van der Waals surface area contributed by atoms with Crippen LogP contribution in [0.15, 0.2) is 18.2 Å². The Bertz CT molecular complexity index is 539. The van der Waals surface area contributed by atoms with Crippen LogP contribution in [0.25, 0.3) is 0 Å². The Morgan fingerprint density at radius 1 is 1.50 bits per heavy atom. The van der Waals surface area contributed by atoms with Crippen molar-refractivity contribution in [1.82, 2.24) is 5.32 Å². The first-order valence-electron chi connectivity index (χ1n) is 5.87.